The Labute approximate surface area is 164 Å². The van der Waals surface area contributed by atoms with Crippen LogP contribution < -0.4 is 4.74 Å². The lowest BCUT2D eigenvalue weighted by Crippen LogP contribution is -2.13. The lowest BCUT2D eigenvalue weighted by molar-refractivity contribution is -0.134. The number of benzene rings is 2. The quantitative estimate of drug-likeness (QED) is 0.359. The Hall–Kier alpha value is -1.83. The summed E-state index contributed by atoms with van der Waals surface area (Å²) in [5.41, 5.74) is 1.48. The molecule has 0 atom stereocenters. The Morgan fingerprint density at radius 1 is 0.926 bits per heavy atom. The number of hydrogen-bond donors (Lipinski definition) is 0. The van der Waals surface area contributed by atoms with Crippen molar-refractivity contribution in [3.8, 4) is 5.75 Å². The van der Waals surface area contributed by atoms with Crippen molar-refractivity contribution >= 4 is 16.7 Å². The van der Waals surface area contributed by atoms with Gasteiger partial charge in [0.05, 0.1) is 0 Å². The maximum absolute atomic E-state index is 11.8. The Kier molecular flexibility index (Phi) is 7.32. The molecule has 2 nitrogen and oxygen atoms in total. The van der Waals surface area contributed by atoms with Gasteiger partial charge in [-0.25, -0.2) is 0 Å². The monoisotopic (exact) mass is 366 g/mol. The number of hydrogen-bond acceptors (Lipinski definition) is 2. The highest BCUT2D eigenvalue weighted by Crippen LogP contribution is 2.38. The van der Waals surface area contributed by atoms with Crippen LogP contribution in [0.1, 0.15) is 89.5 Å². The summed E-state index contributed by atoms with van der Waals surface area (Å²) >= 11 is 0. The zero-order valence-corrected chi connectivity index (χ0v) is 17.0. The number of carbonyl (C=O) groups is 1. The summed E-state index contributed by atoms with van der Waals surface area (Å²) in [6.07, 6.45) is 11.9. The first-order valence-electron chi connectivity index (χ1n) is 10.9. The molecule has 146 valence electrons. The van der Waals surface area contributed by atoms with Gasteiger partial charge in [0.2, 0.25) is 0 Å². The van der Waals surface area contributed by atoms with Gasteiger partial charge < -0.3 is 4.74 Å². The number of fused-ring (bicyclic) bond motifs is 1. The molecule has 0 amide bonds. The molecule has 1 saturated carbocycles. The first-order chi connectivity index (χ1) is 13.2. The van der Waals surface area contributed by atoms with Gasteiger partial charge in [-0.3, -0.25) is 4.79 Å². The molecule has 0 bridgehead atoms. The van der Waals surface area contributed by atoms with Crippen LogP contribution >= 0.6 is 0 Å². The molecule has 27 heavy (non-hydrogen) atoms. The summed E-state index contributed by atoms with van der Waals surface area (Å²) in [6, 6.07) is 12.8. The van der Waals surface area contributed by atoms with E-state index in [1.807, 2.05) is 12.1 Å². The second kappa shape index (κ2) is 9.92. The van der Waals surface area contributed by atoms with Gasteiger partial charge in [-0.05, 0) is 72.4 Å². The molecular formula is C25H34O2. The zero-order valence-electron chi connectivity index (χ0n) is 17.0. The van der Waals surface area contributed by atoms with Crippen molar-refractivity contribution in [1.29, 1.82) is 0 Å². The highest BCUT2D eigenvalue weighted by atomic mass is 16.5. The summed E-state index contributed by atoms with van der Waals surface area (Å²) < 4.78 is 5.48. The lowest BCUT2D eigenvalue weighted by atomic mass is 9.77. The highest BCUT2D eigenvalue weighted by molar-refractivity contribution is 5.85. The molecule has 0 aromatic heterocycles. The van der Waals surface area contributed by atoms with E-state index in [4.69, 9.17) is 4.74 Å². The number of carbonyl (C=O) groups excluding carboxylic acids is 1. The van der Waals surface area contributed by atoms with E-state index in [0.717, 1.165) is 24.1 Å². The Balaban J connectivity index is 1.62. The van der Waals surface area contributed by atoms with Crippen LogP contribution in [0.3, 0.4) is 0 Å². The molecule has 2 aromatic rings. The van der Waals surface area contributed by atoms with Gasteiger partial charge in [-0.15, -0.1) is 0 Å². The second-order valence-corrected chi connectivity index (χ2v) is 8.21. The third-order valence-electron chi connectivity index (χ3n) is 6.09. The van der Waals surface area contributed by atoms with E-state index >= 15 is 0 Å². The fourth-order valence-corrected chi connectivity index (χ4v) is 4.34. The molecule has 0 aliphatic heterocycles. The van der Waals surface area contributed by atoms with Crippen LogP contribution in [0.5, 0.6) is 5.75 Å². The van der Waals surface area contributed by atoms with Gasteiger partial charge in [0, 0.05) is 6.42 Å². The normalized spacial score (nSPS) is 19.9. The van der Waals surface area contributed by atoms with E-state index < -0.39 is 0 Å². The van der Waals surface area contributed by atoms with E-state index in [2.05, 4.69) is 38.1 Å². The SMILES string of the molecule is CCCCC(=O)Oc1ccc2cc(C3CCC(CCCC)CC3)ccc2c1. The Bertz CT molecular complexity index is 741. The average molecular weight is 367 g/mol. The first-order valence-corrected chi connectivity index (χ1v) is 10.9. The average Bonchev–Trinajstić information content (AvgIpc) is 2.70. The minimum absolute atomic E-state index is 0.132. The standard InChI is InChI=1S/C25H34O2/c1-3-5-7-19-9-11-20(12-10-19)21-13-14-23-18-24(16-15-22(23)17-21)27-25(26)8-6-4-2/h13-20H,3-12H2,1-2H3. The minimum Gasteiger partial charge on any atom is -0.427 e. The lowest BCUT2D eigenvalue weighted by Gasteiger charge is -2.29. The van der Waals surface area contributed by atoms with Crippen LogP contribution in [0, 0.1) is 5.92 Å². The van der Waals surface area contributed by atoms with E-state index in [9.17, 15) is 4.79 Å². The fourth-order valence-electron chi connectivity index (χ4n) is 4.34. The smallest absolute Gasteiger partial charge is 0.311 e. The first kappa shape index (κ1) is 19.9. The van der Waals surface area contributed by atoms with Crippen LogP contribution in [-0.2, 0) is 4.79 Å². The zero-order chi connectivity index (χ0) is 19.1. The van der Waals surface area contributed by atoms with Gasteiger partial charge in [-0.2, -0.15) is 0 Å². The van der Waals surface area contributed by atoms with Gasteiger partial charge in [0.1, 0.15) is 5.75 Å². The van der Waals surface area contributed by atoms with E-state index in [0.29, 0.717) is 18.1 Å². The number of unbranched alkanes of at least 4 members (excludes halogenated alkanes) is 2. The third-order valence-corrected chi connectivity index (χ3v) is 6.09. The van der Waals surface area contributed by atoms with Crippen molar-refractivity contribution < 1.29 is 9.53 Å². The largest absolute Gasteiger partial charge is 0.427 e. The predicted octanol–water partition coefficient (Wildman–Crippen LogP) is 7.40. The molecule has 0 heterocycles. The molecule has 0 unspecified atom stereocenters. The van der Waals surface area contributed by atoms with Crippen molar-refractivity contribution in [2.24, 2.45) is 5.92 Å². The summed E-state index contributed by atoms with van der Waals surface area (Å²) in [7, 11) is 0. The molecule has 0 N–H and O–H groups in total. The summed E-state index contributed by atoms with van der Waals surface area (Å²) in [6.45, 7) is 4.37. The van der Waals surface area contributed by atoms with Crippen LogP contribution in [0.2, 0.25) is 0 Å². The number of ether oxygens (including phenoxy) is 1. The summed E-state index contributed by atoms with van der Waals surface area (Å²) in [5, 5.41) is 2.39. The molecule has 3 rings (SSSR count). The minimum atomic E-state index is -0.132. The van der Waals surface area contributed by atoms with Gasteiger partial charge in [0.15, 0.2) is 0 Å². The predicted molar refractivity (Wildman–Crippen MR) is 113 cm³/mol. The molecular weight excluding hydrogens is 332 g/mol. The van der Waals surface area contributed by atoms with Gasteiger partial charge in [-0.1, -0.05) is 63.8 Å². The molecule has 2 aromatic carbocycles. The van der Waals surface area contributed by atoms with Crippen LogP contribution in [0.25, 0.3) is 10.8 Å². The maximum atomic E-state index is 11.8. The second-order valence-electron chi connectivity index (χ2n) is 8.21. The summed E-state index contributed by atoms with van der Waals surface area (Å²) in [5.74, 6) is 2.19. The Morgan fingerprint density at radius 3 is 2.37 bits per heavy atom. The number of rotatable bonds is 8. The van der Waals surface area contributed by atoms with Crippen molar-refractivity contribution in [3.63, 3.8) is 0 Å². The highest BCUT2D eigenvalue weighted by Gasteiger charge is 2.22. The van der Waals surface area contributed by atoms with Crippen molar-refractivity contribution in [1.82, 2.24) is 0 Å². The third kappa shape index (κ3) is 5.57. The molecule has 0 spiro atoms. The fraction of sp³-hybridized carbons (Fsp3) is 0.560. The van der Waals surface area contributed by atoms with Crippen molar-refractivity contribution in [2.75, 3.05) is 0 Å². The topological polar surface area (TPSA) is 26.3 Å². The molecule has 1 aliphatic carbocycles. The van der Waals surface area contributed by atoms with Crippen LogP contribution in [0.15, 0.2) is 36.4 Å². The van der Waals surface area contributed by atoms with E-state index in [1.54, 1.807) is 0 Å². The maximum Gasteiger partial charge on any atom is 0.311 e. The van der Waals surface area contributed by atoms with Crippen molar-refractivity contribution in [2.45, 2.75) is 84.0 Å². The Morgan fingerprint density at radius 2 is 1.63 bits per heavy atom. The molecule has 0 radical (unpaired) electrons. The van der Waals surface area contributed by atoms with E-state index in [1.165, 1.54) is 55.9 Å². The van der Waals surface area contributed by atoms with Crippen LogP contribution in [0.4, 0.5) is 0 Å². The molecule has 2 heteroatoms. The van der Waals surface area contributed by atoms with Gasteiger partial charge in [0.25, 0.3) is 0 Å². The van der Waals surface area contributed by atoms with Gasteiger partial charge >= 0.3 is 5.97 Å². The van der Waals surface area contributed by atoms with Crippen LogP contribution in [-0.4, -0.2) is 5.97 Å². The number of esters is 1. The summed E-state index contributed by atoms with van der Waals surface area (Å²) in [4.78, 5) is 11.8. The van der Waals surface area contributed by atoms with Crippen molar-refractivity contribution in [3.05, 3.63) is 42.0 Å². The molecule has 1 aliphatic rings. The van der Waals surface area contributed by atoms with E-state index in [-0.39, 0.29) is 5.97 Å². The molecule has 0 saturated heterocycles. The molecule has 1 fully saturated rings.